The Morgan fingerprint density at radius 2 is 1.94 bits per heavy atom. The molecule has 0 aliphatic carbocycles. The van der Waals surface area contributed by atoms with Crippen LogP contribution in [0.4, 0.5) is 11.5 Å². The normalized spacial score (nSPS) is 10.9. The Labute approximate surface area is 200 Å². The maximum Gasteiger partial charge on any atom is 0.293 e. The predicted molar refractivity (Wildman–Crippen MR) is 127 cm³/mol. The number of nitrogens with zero attached hydrogens (tertiary/aromatic N) is 7. The molecule has 0 saturated carbocycles. The standard InChI is InChI=1S/C22H23N9O4/c1-30(15-7-5-4-6-8-15)13-16-19(25-29-31(16)21-20(23)27-35-28-21)22(32)26-24-12-14-9-10-17(33-2)18(11-14)34-3/h4-12H,13H2,1-3H3,(H2,23,27)(H,26,32). The number of aromatic nitrogens is 5. The highest BCUT2D eigenvalue weighted by molar-refractivity contribution is 5.94. The lowest BCUT2D eigenvalue weighted by atomic mass is 10.2. The number of para-hydroxylation sites is 1. The van der Waals surface area contributed by atoms with Gasteiger partial charge in [0.25, 0.3) is 5.91 Å². The van der Waals surface area contributed by atoms with Gasteiger partial charge in [0, 0.05) is 12.7 Å². The number of benzene rings is 2. The molecule has 2 aromatic heterocycles. The minimum atomic E-state index is -0.570. The summed E-state index contributed by atoms with van der Waals surface area (Å²) in [5, 5.41) is 19.5. The number of nitrogens with one attached hydrogen (secondary N) is 1. The monoisotopic (exact) mass is 477 g/mol. The highest BCUT2D eigenvalue weighted by Crippen LogP contribution is 2.27. The molecule has 0 spiro atoms. The second-order valence-corrected chi connectivity index (χ2v) is 7.27. The van der Waals surface area contributed by atoms with E-state index in [4.69, 9.17) is 19.8 Å². The Kier molecular flexibility index (Phi) is 6.86. The van der Waals surface area contributed by atoms with Gasteiger partial charge in [-0.1, -0.05) is 23.4 Å². The second-order valence-electron chi connectivity index (χ2n) is 7.27. The van der Waals surface area contributed by atoms with Gasteiger partial charge in [-0.25, -0.2) is 10.1 Å². The van der Waals surface area contributed by atoms with Gasteiger partial charge in [-0.15, -0.1) is 5.10 Å². The highest BCUT2D eigenvalue weighted by Gasteiger charge is 2.25. The van der Waals surface area contributed by atoms with Gasteiger partial charge in [0.2, 0.25) is 11.6 Å². The fourth-order valence-electron chi connectivity index (χ4n) is 3.28. The first-order valence-electron chi connectivity index (χ1n) is 10.4. The van der Waals surface area contributed by atoms with Crippen LogP contribution in [0.15, 0.2) is 58.3 Å². The number of anilines is 2. The molecule has 0 aliphatic rings. The van der Waals surface area contributed by atoms with Crippen molar-refractivity contribution in [3.8, 4) is 17.3 Å². The average molecular weight is 477 g/mol. The third-order valence-electron chi connectivity index (χ3n) is 5.05. The summed E-state index contributed by atoms with van der Waals surface area (Å²) in [6.45, 7) is 0.255. The minimum Gasteiger partial charge on any atom is -0.493 e. The second kappa shape index (κ2) is 10.3. The van der Waals surface area contributed by atoms with Gasteiger partial charge in [0.05, 0.1) is 32.7 Å². The lowest BCUT2D eigenvalue weighted by molar-refractivity contribution is 0.0949. The van der Waals surface area contributed by atoms with Crippen LogP contribution in [0.2, 0.25) is 0 Å². The number of ether oxygens (including phenoxy) is 2. The van der Waals surface area contributed by atoms with Crippen molar-refractivity contribution in [1.82, 2.24) is 30.7 Å². The molecule has 1 amide bonds. The van der Waals surface area contributed by atoms with Gasteiger partial charge in [-0.05, 0) is 46.2 Å². The number of nitrogens with two attached hydrogens (primary N) is 1. The van der Waals surface area contributed by atoms with Crippen LogP contribution in [-0.4, -0.2) is 58.7 Å². The number of rotatable bonds is 9. The average Bonchev–Trinajstić information content (AvgIpc) is 3.49. The summed E-state index contributed by atoms with van der Waals surface area (Å²) in [5.74, 6) is 0.688. The molecular formula is C22H23N9O4. The molecule has 13 heteroatoms. The van der Waals surface area contributed by atoms with Gasteiger partial charge >= 0.3 is 0 Å². The van der Waals surface area contributed by atoms with E-state index < -0.39 is 5.91 Å². The molecule has 3 N–H and O–H groups in total. The Morgan fingerprint density at radius 3 is 2.63 bits per heavy atom. The van der Waals surface area contributed by atoms with Crippen LogP contribution in [0.5, 0.6) is 11.5 Å². The van der Waals surface area contributed by atoms with Crippen molar-refractivity contribution in [2.75, 3.05) is 31.9 Å². The summed E-state index contributed by atoms with van der Waals surface area (Å²) in [7, 11) is 4.96. The summed E-state index contributed by atoms with van der Waals surface area (Å²) in [6, 6.07) is 14.9. The van der Waals surface area contributed by atoms with Crippen molar-refractivity contribution in [2.24, 2.45) is 5.10 Å². The first-order valence-corrected chi connectivity index (χ1v) is 10.4. The van der Waals surface area contributed by atoms with Crippen LogP contribution in [0.1, 0.15) is 21.7 Å². The van der Waals surface area contributed by atoms with Gasteiger partial charge < -0.3 is 20.1 Å². The molecular weight excluding hydrogens is 454 g/mol. The van der Waals surface area contributed by atoms with Crippen molar-refractivity contribution in [1.29, 1.82) is 0 Å². The van der Waals surface area contributed by atoms with E-state index in [9.17, 15) is 4.79 Å². The number of hydrazone groups is 1. The van der Waals surface area contributed by atoms with Crippen LogP contribution < -0.4 is 25.5 Å². The van der Waals surface area contributed by atoms with E-state index in [1.165, 1.54) is 18.0 Å². The van der Waals surface area contributed by atoms with Crippen LogP contribution >= 0.6 is 0 Å². The summed E-state index contributed by atoms with van der Waals surface area (Å²) in [6.07, 6.45) is 1.47. The Balaban J connectivity index is 1.59. The summed E-state index contributed by atoms with van der Waals surface area (Å²) in [5.41, 5.74) is 10.4. The molecule has 4 aromatic rings. The molecule has 0 radical (unpaired) electrons. The molecule has 0 saturated heterocycles. The van der Waals surface area contributed by atoms with Gasteiger partial charge in [-0.3, -0.25) is 4.79 Å². The summed E-state index contributed by atoms with van der Waals surface area (Å²) in [4.78, 5) is 14.9. The molecule has 2 heterocycles. The van der Waals surface area contributed by atoms with E-state index in [2.05, 4.69) is 31.2 Å². The molecule has 0 atom stereocenters. The van der Waals surface area contributed by atoms with Gasteiger partial charge in [0.15, 0.2) is 17.2 Å². The van der Waals surface area contributed by atoms with Crippen LogP contribution in [0.3, 0.4) is 0 Å². The van der Waals surface area contributed by atoms with Crippen molar-refractivity contribution >= 4 is 23.6 Å². The summed E-state index contributed by atoms with van der Waals surface area (Å²) < 4.78 is 16.5. The summed E-state index contributed by atoms with van der Waals surface area (Å²) >= 11 is 0. The van der Waals surface area contributed by atoms with Crippen LogP contribution in [0.25, 0.3) is 5.82 Å². The van der Waals surface area contributed by atoms with Crippen LogP contribution in [0, 0.1) is 0 Å². The molecule has 2 aromatic carbocycles. The molecule has 13 nitrogen and oxygen atoms in total. The molecule has 0 fully saturated rings. The third-order valence-corrected chi connectivity index (χ3v) is 5.05. The van der Waals surface area contributed by atoms with E-state index in [0.29, 0.717) is 22.8 Å². The van der Waals surface area contributed by atoms with Crippen molar-refractivity contribution < 1.29 is 18.9 Å². The number of hydrogen-bond acceptors (Lipinski definition) is 11. The number of methoxy groups -OCH3 is 2. The number of nitrogen functional groups attached to an aromatic ring is 1. The molecule has 180 valence electrons. The zero-order valence-electron chi connectivity index (χ0n) is 19.2. The SMILES string of the molecule is COc1ccc(C=NNC(=O)c2nnn(-c3nonc3N)c2CN(C)c2ccccc2)cc1OC. The fraction of sp³-hybridized carbons (Fsp3) is 0.182. The smallest absolute Gasteiger partial charge is 0.293 e. The fourth-order valence-corrected chi connectivity index (χ4v) is 3.28. The maximum absolute atomic E-state index is 13.0. The topological polar surface area (TPSA) is 159 Å². The molecule has 0 unspecified atom stereocenters. The van der Waals surface area contributed by atoms with Crippen molar-refractivity contribution in [2.45, 2.75) is 6.54 Å². The number of carbonyl (C=O) groups excluding carboxylic acids is 1. The predicted octanol–water partition coefficient (Wildman–Crippen LogP) is 1.65. The van der Waals surface area contributed by atoms with Crippen molar-refractivity contribution in [3.63, 3.8) is 0 Å². The quantitative estimate of drug-likeness (QED) is 0.268. The van der Waals surface area contributed by atoms with E-state index in [0.717, 1.165) is 5.69 Å². The lowest BCUT2D eigenvalue weighted by Crippen LogP contribution is -2.24. The van der Waals surface area contributed by atoms with Gasteiger partial charge in [-0.2, -0.15) is 9.78 Å². The van der Waals surface area contributed by atoms with Crippen LogP contribution in [-0.2, 0) is 6.54 Å². The zero-order valence-corrected chi connectivity index (χ0v) is 19.2. The van der Waals surface area contributed by atoms with E-state index in [1.807, 2.05) is 42.3 Å². The molecule has 35 heavy (non-hydrogen) atoms. The number of hydrogen-bond donors (Lipinski definition) is 2. The Morgan fingerprint density at radius 1 is 1.17 bits per heavy atom. The van der Waals surface area contributed by atoms with E-state index in [-0.39, 0.29) is 23.9 Å². The molecule has 0 bridgehead atoms. The lowest BCUT2D eigenvalue weighted by Gasteiger charge is -2.19. The third kappa shape index (κ3) is 5.03. The molecule has 0 aliphatic heterocycles. The Hall–Kier alpha value is -4.94. The van der Waals surface area contributed by atoms with E-state index >= 15 is 0 Å². The Bertz CT molecular complexity index is 1330. The first kappa shape index (κ1) is 23.2. The first-order chi connectivity index (χ1) is 17.0. The number of amides is 1. The van der Waals surface area contributed by atoms with Gasteiger partial charge in [0.1, 0.15) is 0 Å². The van der Waals surface area contributed by atoms with Crippen molar-refractivity contribution in [3.05, 3.63) is 65.5 Å². The number of carbonyl (C=O) groups is 1. The highest BCUT2D eigenvalue weighted by atomic mass is 16.6. The minimum absolute atomic E-state index is 0.0111. The zero-order chi connectivity index (χ0) is 24.8. The largest absolute Gasteiger partial charge is 0.493 e. The van der Waals surface area contributed by atoms with E-state index in [1.54, 1.807) is 25.3 Å². The molecule has 4 rings (SSSR count). The maximum atomic E-state index is 13.0.